The van der Waals surface area contributed by atoms with E-state index >= 15 is 0 Å². The Balaban J connectivity index is 1.70. The molecule has 4 nitrogen and oxygen atoms in total. The number of pyridine rings is 1. The van der Waals surface area contributed by atoms with E-state index in [1.165, 1.54) is 11.3 Å². The molecule has 0 unspecified atom stereocenters. The molecule has 6 heteroatoms. The standard InChI is InChI=1S/C21H17N3OS2/c1-15-6-4-9-18-20(15)23-21(27-18)24(14-16-7-2-3-12-22-16)19(25)11-10-17-8-5-13-26-17/h2-13H,14H2,1H3/b11-10+. The lowest BCUT2D eigenvalue weighted by Gasteiger charge is -2.17. The Labute approximate surface area is 165 Å². The molecule has 0 radical (unpaired) electrons. The summed E-state index contributed by atoms with van der Waals surface area (Å²) in [7, 11) is 0. The Bertz CT molecular complexity index is 1090. The van der Waals surface area contributed by atoms with Crippen LogP contribution in [0.3, 0.4) is 0 Å². The Morgan fingerprint density at radius 3 is 2.81 bits per heavy atom. The summed E-state index contributed by atoms with van der Waals surface area (Å²) in [4.78, 5) is 24.8. The molecular formula is C21H17N3OS2. The minimum absolute atomic E-state index is 0.106. The SMILES string of the molecule is Cc1cccc2sc(N(Cc3ccccn3)C(=O)/C=C/c3cccs3)nc12. The van der Waals surface area contributed by atoms with E-state index in [1.807, 2.05) is 66.9 Å². The number of aryl methyl sites for hydroxylation is 1. The van der Waals surface area contributed by atoms with Gasteiger partial charge in [0.25, 0.3) is 5.91 Å². The maximum Gasteiger partial charge on any atom is 0.253 e. The van der Waals surface area contributed by atoms with Gasteiger partial charge in [-0.3, -0.25) is 14.7 Å². The Kier molecular flexibility index (Phi) is 5.09. The normalized spacial score (nSPS) is 11.3. The largest absolute Gasteiger partial charge is 0.278 e. The molecule has 0 saturated heterocycles. The molecule has 3 heterocycles. The van der Waals surface area contributed by atoms with E-state index in [0.717, 1.165) is 26.4 Å². The number of rotatable bonds is 5. The number of para-hydroxylation sites is 1. The minimum Gasteiger partial charge on any atom is -0.278 e. The number of amides is 1. The fourth-order valence-electron chi connectivity index (χ4n) is 2.71. The first-order valence-electron chi connectivity index (χ1n) is 8.50. The molecule has 134 valence electrons. The summed E-state index contributed by atoms with van der Waals surface area (Å²) >= 11 is 3.12. The molecule has 3 aromatic heterocycles. The highest BCUT2D eigenvalue weighted by molar-refractivity contribution is 7.22. The highest BCUT2D eigenvalue weighted by Crippen LogP contribution is 2.31. The zero-order chi connectivity index (χ0) is 18.6. The molecule has 4 rings (SSSR count). The smallest absolute Gasteiger partial charge is 0.253 e. The zero-order valence-electron chi connectivity index (χ0n) is 14.7. The van der Waals surface area contributed by atoms with Gasteiger partial charge in [0.05, 0.1) is 22.5 Å². The maximum atomic E-state index is 13.0. The third kappa shape index (κ3) is 3.97. The predicted molar refractivity (Wildman–Crippen MR) is 113 cm³/mol. The van der Waals surface area contributed by atoms with Crippen molar-refractivity contribution in [2.75, 3.05) is 4.90 Å². The second kappa shape index (κ2) is 7.82. The summed E-state index contributed by atoms with van der Waals surface area (Å²) in [5.41, 5.74) is 2.87. The molecule has 0 aliphatic heterocycles. The van der Waals surface area contributed by atoms with Crippen molar-refractivity contribution in [3.8, 4) is 0 Å². The van der Waals surface area contributed by atoms with Gasteiger partial charge in [0.2, 0.25) is 0 Å². The number of nitrogens with zero attached hydrogens (tertiary/aromatic N) is 3. The molecule has 0 atom stereocenters. The summed E-state index contributed by atoms with van der Waals surface area (Å²) in [6.45, 7) is 2.42. The molecule has 0 aliphatic rings. The zero-order valence-corrected chi connectivity index (χ0v) is 16.3. The lowest BCUT2D eigenvalue weighted by molar-refractivity contribution is -0.114. The number of aromatic nitrogens is 2. The average molecular weight is 392 g/mol. The number of benzene rings is 1. The van der Waals surface area contributed by atoms with Gasteiger partial charge in [-0.1, -0.05) is 35.6 Å². The van der Waals surface area contributed by atoms with Crippen molar-refractivity contribution in [2.45, 2.75) is 13.5 Å². The van der Waals surface area contributed by atoms with Gasteiger partial charge in [0.15, 0.2) is 5.13 Å². The minimum atomic E-state index is -0.106. The fourth-order valence-corrected chi connectivity index (χ4v) is 4.38. The van der Waals surface area contributed by atoms with Crippen LogP contribution in [-0.4, -0.2) is 15.9 Å². The van der Waals surface area contributed by atoms with Gasteiger partial charge in [-0.15, -0.1) is 11.3 Å². The molecule has 4 aromatic rings. The van der Waals surface area contributed by atoms with E-state index in [-0.39, 0.29) is 5.91 Å². The lowest BCUT2D eigenvalue weighted by Crippen LogP contribution is -2.29. The highest BCUT2D eigenvalue weighted by atomic mass is 32.1. The van der Waals surface area contributed by atoms with Crippen molar-refractivity contribution in [2.24, 2.45) is 0 Å². The lowest BCUT2D eigenvalue weighted by atomic mass is 10.2. The van der Waals surface area contributed by atoms with Crippen molar-refractivity contribution < 1.29 is 4.79 Å². The summed E-state index contributed by atoms with van der Waals surface area (Å²) in [6.07, 6.45) is 5.19. The van der Waals surface area contributed by atoms with Crippen LogP contribution in [0.5, 0.6) is 0 Å². The van der Waals surface area contributed by atoms with E-state index in [1.54, 1.807) is 28.5 Å². The summed E-state index contributed by atoms with van der Waals surface area (Å²) in [5, 5.41) is 2.68. The van der Waals surface area contributed by atoms with Crippen molar-refractivity contribution in [3.05, 3.63) is 82.3 Å². The van der Waals surface area contributed by atoms with Crippen molar-refractivity contribution >= 4 is 50.0 Å². The number of anilines is 1. The molecule has 0 fully saturated rings. The molecule has 0 bridgehead atoms. The van der Waals surface area contributed by atoms with Crippen molar-refractivity contribution in [1.29, 1.82) is 0 Å². The van der Waals surface area contributed by atoms with Crippen LogP contribution in [0.4, 0.5) is 5.13 Å². The molecule has 0 saturated carbocycles. The third-order valence-electron chi connectivity index (χ3n) is 4.09. The van der Waals surface area contributed by atoms with Gasteiger partial charge >= 0.3 is 0 Å². The number of fused-ring (bicyclic) bond motifs is 1. The van der Waals surface area contributed by atoms with Crippen LogP contribution in [0.25, 0.3) is 16.3 Å². The Hall–Kier alpha value is -2.83. The number of thiazole rings is 1. The first-order valence-corrected chi connectivity index (χ1v) is 10.2. The molecule has 0 spiro atoms. The monoisotopic (exact) mass is 391 g/mol. The van der Waals surface area contributed by atoms with E-state index in [2.05, 4.69) is 4.98 Å². The van der Waals surface area contributed by atoms with Crippen molar-refractivity contribution in [1.82, 2.24) is 9.97 Å². The van der Waals surface area contributed by atoms with E-state index in [4.69, 9.17) is 4.98 Å². The summed E-state index contributed by atoms with van der Waals surface area (Å²) in [5.74, 6) is -0.106. The van der Waals surface area contributed by atoms with Crippen LogP contribution in [0.15, 0.2) is 66.2 Å². The second-order valence-electron chi connectivity index (χ2n) is 6.01. The number of thiophene rings is 1. The second-order valence-corrected chi connectivity index (χ2v) is 8.00. The molecular weight excluding hydrogens is 374 g/mol. The molecule has 1 aromatic carbocycles. The molecule has 0 N–H and O–H groups in total. The van der Waals surface area contributed by atoms with Gasteiger partial charge in [-0.25, -0.2) is 4.98 Å². The predicted octanol–water partition coefficient (Wildman–Crippen LogP) is 5.31. The van der Waals surface area contributed by atoms with Gasteiger partial charge in [0, 0.05) is 17.2 Å². The third-order valence-corrected chi connectivity index (χ3v) is 5.97. The first kappa shape index (κ1) is 17.6. The van der Waals surface area contributed by atoms with Crippen LogP contribution in [0.2, 0.25) is 0 Å². The van der Waals surface area contributed by atoms with Gasteiger partial charge in [-0.2, -0.15) is 0 Å². The van der Waals surface area contributed by atoms with Gasteiger partial charge in [0.1, 0.15) is 0 Å². The number of carbonyl (C=O) groups is 1. The average Bonchev–Trinajstić information content (AvgIpc) is 3.35. The number of hydrogen-bond donors (Lipinski definition) is 0. The molecule has 0 aliphatic carbocycles. The van der Waals surface area contributed by atoms with E-state index in [9.17, 15) is 4.79 Å². The van der Waals surface area contributed by atoms with Crippen LogP contribution < -0.4 is 4.90 Å². The number of hydrogen-bond acceptors (Lipinski definition) is 5. The quantitative estimate of drug-likeness (QED) is 0.433. The topological polar surface area (TPSA) is 46.1 Å². The van der Waals surface area contributed by atoms with E-state index in [0.29, 0.717) is 11.7 Å². The highest BCUT2D eigenvalue weighted by Gasteiger charge is 2.19. The fraction of sp³-hybridized carbons (Fsp3) is 0.0952. The molecule has 1 amide bonds. The maximum absolute atomic E-state index is 13.0. The Morgan fingerprint density at radius 2 is 2.07 bits per heavy atom. The van der Waals surface area contributed by atoms with Gasteiger partial charge < -0.3 is 0 Å². The summed E-state index contributed by atoms with van der Waals surface area (Å²) in [6, 6.07) is 15.8. The van der Waals surface area contributed by atoms with E-state index < -0.39 is 0 Å². The van der Waals surface area contributed by atoms with Crippen LogP contribution in [0, 0.1) is 6.92 Å². The number of carbonyl (C=O) groups excluding carboxylic acids is 1. The first-order chi connectivity index (χ1) is 13.2. The van der Waals surface area contributed by atoms with Crippen molar-refractivity contribution in [3.63, 3.8) is 0 Å². The molecule has 27 heavy (non-hydrogen) atoms. The van der Waals surface area contributed by atoms with Gasteiger partial charge in [-0.05, 0) is 48.2 Å². The summed E-state index contributed by atoms with van der Waals surface area (Å²) < 4.78 is 1.08. The van der Waals surface area contributed by atoms with Crippen LogP contribution in [-0.2, 0) is 11.3 Å². The van der Waals surface area contributed by atoms with Crippen LogP contribution >= 0.6 is 22.7 Å². The van der Waals surface area contributed by atoms with Crippen LogP contribution in [0.1, 0.15) is 16.1 Å². The Morgan fingerprint density at radius 1 is 1.15 bits per heavy atom.